The van der Waals surface area contributed by atoms with E-state index in [2.05, 4.69) is 37.3 Å². The second-order valence-electron chi connectivity index (χ2n) is 7.56. The number of aromatic nitrogens is 4. The maximum absolute atomic E-state index is 12.2. The number of carbonyl (C=O) groups excluding carboxylic acids is 1. The van der Waals surface area contributed by atoms with Crippen LogP contribution < -0.4 is 16.9 Å². The molecule has 0 spiro atoms. The van der Waals surface area contributed by atoms with Crippen LogP contribution >= 0.6 is 0 Å². The van der Waals surface area contributed by atoms with E-state index in [0.717, 1.165) is 11.1 Å². The van der Waals surface area contributed by atoms with Crippen LogP contribution in [0.5, 0.6) is 0 Å². The standard InChI is InChI=1S/C22H24N8O4/c1-2-3-12-4-6-13(7-5-12)10-26-29-22-27-19(24)15-20(28-22)30(11-25-15)21-17(33)16(32)18(34-21)14(31)8-9-23/h4-7,10-11,16-18,21,32-33H,8-9,23H2,1H3,(H3,24,27,28,29)/b26-10+/t16-,17+,18+,21+/m0/s1. The fourth-order valence-corrected chi connectivity index (χ4v) is 3.58. The van der Waals surface area contributed by atoms with Crippen molar-refractivity contribution in [2.45, 2.75) is 37.9 Å². The minimum absolute atomic E-state index is 0.0156. The first-order valence-corrected chi connectivity index (χ1v) is 10.5. The van der Waals surface area contributed by atoms with Crippen LogP contribution in [0.15, 0.2) is 35.7 Å². The summed E-state index contributed by atoms with van der Waals surface area (Å²) in [6.45, 7) is 1.88. The summed E-state index contributed by atoms with van der Waals surface area (Å²) >= 11 is 0. The van der Waals surface area contributed by atoms with Gasteiger partial charge in [0.2, 0.25) is 5.95 Å². The third-order valence-electron chi connectivity index (χ3n) is 5.23. The number of aliphatic hydroxyl groups excluding tert-OH is 2. The predicted octanol–water partition coefficient (Wildman–Crippen LogP) is -0.237. The van der Waals surface area contributed by atoms with E-state index in [1.165, 1.54) is 10.9 Å². The number of benzene rings is 1. The van der Waals surface area contributed by atoms with Crippen LogP contribution in [-0.4, -0.2) is 66.6 Å². The van der Waals surface area contributed by atoms with E-state index < -0.39 is 30.3 Å². The molecular weight excluding hydrogens is 440 g/mol. The van der Waals surface area contributed by atoms with Gasteiger partial charge in [-0.2, -0.15) is 15.1 Å². The molecule has 4 atom stereocenters. The molecule has 12 nitrogen and oxygen atoms in total. The largest absolute Gasteiger partial charge is 0.387 e. The van der Waals surface area contributed by atoms with Gasteiger partial charge < -0.3 is 26.4 Å². The van der Waals surface area contributed by atoms with Gasteiger partial charge >= 0.3 is 0 Å². The van der Waals surface area contributed by atoms with Gasteiger partial charge in [-0.25, -0.2) is 10.4 Å². The van der Waals surface area contributed by atoms with E-state index in [1.807, 2.05) is 24.3 Å². The minimum atomic E-state index is -1.42. The van der Waals surface area contributed by atoms with Crippen molar-refractivity contribution in [2.75, 3.05) is 17.7 Å². The van der Waals surface area contributed by atoms with Crippen LogP contribution in [-0.2, 0) is 9.53 Å². The fourth-order valence-electron chi connectivity index (χ4n) is 3.58. The lowest BCUT2D eigenvalue weighted by molar-refractivity contribution is -0.135. The van der Waals surface area contributed by atoms with Crippen LogP contribution in [0.25, 0.3) is 11.2 Å². The van der Waals surface area contributed by atoms with Crippen LogP contribution in [0.2, 0.25) is 0 Å². The summed E-state index contributed by atoms with van der Waals surface area (Å²) in [5, 5.41) is 24.9. The molecular formula is C22H24N8O4. The highest BCUT2D eigenvalue weighted by Gasteiger charge is 2.47. The highest BCUT2D eigenvalue weighted by atomic mass is 16.6. The molecule has 7 N–H and O–H groups in total. The number of nitrogens with zero attached hydrogens (tertiary/aromatic N) is 5. The predicted molar refractivity (Wildman–Crippen MR) is 125 cm³/mol. The Morgan fingerprint density at radius 1 is 1.29 bits per heavy atom. The molecule has 2 aromatic heterocycles. The van der Waals surface area contributed by atoms with Crippen LogP contribution in [0, 0.1) is 11.8 Å². The topological polar surface area (TPSA) is 187 Å². The van der Waals surface area contributed by atoms with Crippen LogP contribution in [0.1, 0.15) is 30.7 Å². The zero-order valence-electron chi connectivity index (χ0n) is 18.3. The summed E-state index contributed by atoms with van der Waals surface area (Å²) in [5.74, 6) is 5.56. The first-order chi connectivity index (χ1) is 16.4. The smallest absolute Gasteiger partial charge is 0.247 e. The van der Waals surface area contributed by atoms with E-state index >= 15 is 0 Å². The molecule has 1 fully saturated rings. The van der Waals surface area contributed by atoms with Gasteiger partial charge in [0.05, 0.1) is 12.5 Å². The highest BCUT2D eigenvalue weighted by Crippen LogP contribution is 2.33. The fraction of sp³-hybridized carbons (Fsp3) is 0.318. The summed E-state index contributed by atoms with van der Waals surface area (Å²) in [6, 6.07) is 7.49. The van der Waals surface area contributed by atoms with Crippen molar-refractivity contribution in [3.8, 4) is 11.8 Å². The second kappa shape index (κ2) is 9.94. The number of imidazole rings is 1. The van der Waals surface area contributed by atoms with Gasteiger partial charge in [0, 0.05) is 12.0 Å². The summed E-state index contributed by atoms with van der Waals surface area (Å²) < 4.78 is 7.04. The zero-order valence-corrected chi connectivity index (χ0v) is 18.3. The molecule has 4 rings (SSSR count). The normalized spacial score (nSPS) is 22.1. The average Bonchev–Trinajstić information content (AvgIpc) is 3.37. The van der Waals surface area contributed by atoms with Gasteiger partial charge in [0.15, 0.2) is 23.5 Å². The lowest BCUT2D eigenvalue weighted by Gasteiger charge is -2.16. The number of carbonyl (C=O) groups is 1. The Balaban J connectivity index is 1.56. The van der Waals surface area contributed by atoms with E-state index in [-0.39, 0.29) is 35.9 Å². The van der Waals surface area contributed by atoms with Crippen molar-refractivity contribution in [2.24, 2.45) is 10.8 Å². The van der Waals surface area contributed by atoms with Gasteiger partial charge in [-0.1, -0.05) is 18.1 Å². The van der Waals surface area contributed by atoms with E-state index in [1.54, 1.807) is 13.1 Å². The Hall–Kier alpha value is -3.89. The van der Waals surface area contributed by atoms with Crippen LogP contribution in [0.3, 0.4) is 0 Å². The molecule has 1 aliphatic rings. The number of Topliss-reactive ketones (excluding diaryl/α,β-unsaturated/α-hetero) is 1. The maximum atomic E-state index is 12.2. The molecule has 0 bridgehead atoms. The number of nitrogens with two attached hydrogens (primary N) is 2. The van der Waals surface area contributed by atoms with Crippen molar-refractivity contribution >= 4 is 34.9 Å². The number of fused-ring (bicyclic) bond motifs is 1. The molecule has 0 amide bonds. The monoisotopic (exact) mass is 464 g/mol. The number of ketones is 1. The average molecular weight is 464 g/mol. The molecule has 0 saturated carbocycles. The SMILES string of the molecule is CC#Cc1ccc(/C=N/Nc2nc(N)c3ncn([C@@H]4O[C@H](C(=O)CCN)[C@@H](O)[C@H]4O)c3n2)cc1. The number of anilines is 2. The molecule has 0 unspecified atom stereocenters. The molecule has 1 aromatic carbocycles. The summed E-state index contributed by atoms with van der Waals surface area (Å²) in [7, 11) is 0. The molecule has 0 radical (unpaired) electrons. The van der Waals surface area contributed by atoms with Gasteiger partial charge in [-0.05, 0) is 31.2 Å². The molecule has 34 heavy (non-hydrogen) atoms. The Morgan fingerprint density at radius 3 is 2.76 bits per heavy atom. The maximum Gasteiger partial charge on any atom is 0.247 e. The highest BCUT2D eigenvalue weighted by molar-refractivity contribution is 5.85. The number of hydrogen-bond acceptors (Lipinski definition) is 11. The number of hydrazone groups is 1. The van der Waals surface area contributed by atoms with E-state index in [9.17, 15) is 15.0 Å². The van der Waals surface area contributed by atoms with Crippen molar-refractivity contribution in [1.82, 2.24) is 19.5 Å². The molecule has 176 valence electrons. The Kier molecular flexibility index (Phi) is 6.80. The molecule has 3 heterocycles. The third kappa shape index (κ3) is 4.59. The molecule has 0 aliphatic carbocycles. The Labute approximate surface area is 194 Å². The zero-order chi connectivity index (χ0) is 24.2. The van der Waals surface area contributed by atoms with E-state index in [4.69, 9.17) is 16.2 Å². The molecule has 1 saturated heterocycles. The Morgan fingerprint density at radius 2 is 2.06 bits per heavy atom. The minimum Gasteiger partial charge on any atom is -0.387 e. The Bertz CT molecular complexity index is 1280. The number of rotatable bonds is 7. The summed E-state index contributed by atoms with van der Waals surface area (Å²) in [6.07, 6.45) is -2.19. The van der Waals surface area contributed by atoms with Gasteiger partial charge in [0.1, 0.15) is 23.8 Å². The van der Waals surface area contributed by atoms with Crippen molar-refractivity contribution < 1.29 is 19.7 Å². The van der Waals surface area contributed by atoms with E-state index in [0.29, 0.717) is 0 Å². The second-order valence-corrected chi connectivity index (χ2v) is 7.56. The van der Waals surface area contributed by atoms with Gasteiger partial charge in [-0.3, -0.25) is 9.36 Å². The van der Waals surface area contributed by atoms with Crippen LogP contribution in [0.4, 0.5) is 11.8 Å². The molecule has 12 heteroatoms. The van der Waals surface area contributed by atoms with Crippen molar-refractivity contribution in [1.29, 1.82) is 0 Å². The third-order valence-corrected chi connectivity index (χ3v) is 5.23. The number of nitrogens with one attached hydrogen (secondary N) is 1. The van der Waals surface area contributed by atoms with Crippen molar-refractivity contribution in [3.05, 3.63) is 41.7 Å². The number of nitrogen functional groups attached to an aromatic ring is 1. The number of ether oxygens (including phenoxy) is 1. The van der Waals surface area contributed by atoms with Gasteiger partial charge in [0.25, 0.3) is 0 Å². The molecule has 3 aromatic rings. The number of aliphatic hydroxyl groups is 2. The quantitative estimate of drug-likeness (QED) is 0.177. The lowest BCUT2D eigenvalue weighted by Crippen LogP contribution is -2.36. The summed E-state index contributed by atoms with van der Waals surface area (Å²) in [4.78, 5) is 24.9. The lowest BCUT2D eigenvalue weighted by atomic mass is 10.0. The first-order valence-electron chi connectivity index (χ1n) is 10.5. The molecule has 1 aliphatic heterocycles. The number of hydrogen-bond donors (Lipinski definition) is 5. The summed E-state index contributed by atoms with van der Waals surface area (Å²) in [5.41, 5.74) is 16.4. The first kappa shape index (κ1) is 23.3. The van der Waals surface area contributed by atoms with Gasteiger partial charge in [-0.15, -0.1) is 5.92 Å². The van der Waals surface area contributed by atoms with Crippen molar-refractivity contribution in [3.63, 3.8) is 0 Å².